The molecule has 126 valence electrons. The first kappa shape index (κ1) is 20.8. The lowest BCUT2D eigenvalue weighted by molar-refractivity contribution is -0.132. The molecule has 0 spiro atoms. The fraction of sp³-hybridized carbons (Fsp3) is 0.500. The van der Waals surface area contributed by atoms with Gasteiger partial charge in [0.25, 0.3) is 5.91 Å². The minimum atomic E-state index is -0.438. The number of halogens is 2. The Labute approximate surface area is 143 Å². The maximum Gasteiger partial charge on any atom is 0.254 e. The molecule has 0 saturated carbocycles. The van der Waals surface area contributed by atoms with Gasteiger partial charge in [-0.1, -0.05) is 6.92 Å². The van der Waals surface area contributed by atoms with Gasteiger partial charge in [-0.05, 0) is 24.7 Å². The van der Waals surface area contributed by atoms with E-state index in [0.717, 1.165) is 13.1 Å². The summed E-state index contributed by atoms with van der Waals surface area (Å²) in [5, 5.41) is 2.82. The number of carbonyl (C=O) groups excluding carboxylic acids is 1. The van der Waals surface area contributed by atoms with E-state index in [-0.39, 0.29) is 30.7 Å². The highest BCUT2D eigenvalue weighted by Gasteiger charge is 2.25. The molecule has 1 aromatic carbocycles. The molecule has 2 rings (SSSR count). The zero-order valence-electron chi connectivity index (χ0n) is 12.7. The summed E-state index contributed by atoms with van der Waals surface area (Å²) >= 11 is 0. The van der Waals surface area contributed by atoms with Crippen LogP contribution in [0.1, 0.15) is 6.92 Å². The van der Waals surface area contributed by atoms with Crippen LogP contribution < -0.4 is 15.8 Å². The molecule has 1 saturated heterocycles. The molecular formula is C14H23Cl2N3O3. The highest BCUT2D eigenvalue weighted by atomic mass is 35.5. The van der Waals surface area contributed by atoms with E-state index in [1.54, 1.807) is 25.3 Å². The third kappa shape index (κ3) is 5.21. The molecule has 1 unspecified atom stereocenters. The van der Waals surface area contributed by atoms with Crippen molar-refractivity contribution >= 4 is 42.1 Å². The molecule has 1 aliphatic rings. The predicted molar refractivity (Wildman–Crippen MR) is 92.4 cm³/mol. The number of anilines is 2. The summed E-state index contributed by atoms with van der Waals surface area (Å²) in [6.07, 6.45) is -0.438. The van der Waals surface area contributed by atoms with E-state index in [2.05, 4.69) is 17.1 Å². The molecule has 1 atom stereocenters. The second kappa shape index (κ2) is 9.74. The molecule has 8 heteroatoms. The van der Waals surface area contributed by atoms with Crippen LogP contribution in [0.15, 0.2) is 18.2 Å². The Morgan fingerprint density at radius 3 is 2.82 bits per heavy atom. The monoisotopic (exact) mass is 351 g/mol. The number of nitrogens with zero attached hydrogens (tertiary/aromatic N) is 1. The number of carbonyl (C=O) groups is 1. The summed E-state index contributed by atoms with van der Waals surface area (Å²) in [6, 6.07) is 5.16. The molecule has 0 aliphatic carbocycles. The smallest absolute Gasteiger partial charge is 0.254 e. The summed E-state index contributed by atoms with van der Waals surface area (Å²) in [5.41, 5.74) is 6.95. The van der Waals surface area contributed by atoms with Crippen LogP contribution in [-0.2, 0) is 9.53 Å². The lowest BCUT2D eigenvalue weighted by Gasteiger charge is -2.31. The molecule has 22 heavy (non-hydrogen) atoms. The second-order valence-corrected chi connectivity index (χ2v) is 4.70. The number of rotatable bonds is 4. The number of ether oxygens (including phenoxy) is 2. The highest BCUT2D eigenvalue weighted by Crippen LogP contribution is 2.24. The summed E-state index contributed by atoms with van der Waals surface area (Å²) in [5.74, 6) is 0.446. The molecule has 0 radical (unpaired) electrons. The Morgan fingerprint density at radius 2 is 2.23 bits per heavy atom. The molecular weight excluding hydrogens is 329 g/mol. The van der Waals surface area contributed by atoms with Crippen molar-refractivity contribution in [2.75, 3.05) is 44.4 Å². The fourth-order valence-electron chi connectivity index (χ4n) is 2.18. The summed E-state index contributed by atoms with van der Waals surface area (Å²) < 4.78 is 10.6. The lowest BCUT2D eigenvalue weighted by atomic mass is 10.2. The van der Waals surface area contributed by atoms with Gasteiger partial charge in [0, 0.05) is 18.8 Å². The zero-order chi connectivity index (χ0) is 14.5. The van der Waals surface area contributed by atoms with Gasteiger partial charge in [-0.25, -0.2) is 0 Å². The van der Waals surface area contributed by atoms with E-state index >= 15 is 0 Å². The number of hydrogen-bond donors (Lipinski definition) is 2. The van der Waals surface area contributed by atoms with E-state index in [9.17, 15) is 4.79 Å². The Bertz CT molecular complexity index is 488. The van der Waals surface area contributed by atoms with Crippen LogP contribution >= 0.6 is 24.8 Å². The van der Waals surface area contributed by atoms with Gasteiger partial charge >= 0.3 is 0 Å². The van der Waals surface area contributed by atoms with Gasteiger partial charge in [-0.3, -0.25) is 9.69 Å². The van der Waals surface area contributed by atoms with Gasteiger partial charge in [0.15, 0.2) is 0 Å². The molecule has 6 nitrogen and oxygen atoms in total. The number of nitrogens with two attached hydrogens (primary N) is 1. The number of methoxy groups -OCH3 is 1. The van der Waals surface area contributed by atoms with Crippen molar-refractivity contribution in [1.29, 1.82) is 0 Å². The maximum atomic E-state index is 12.2. The fourth-order valence-corrected chi connectivity index (χ4v) is 2.18. The molecule has 1 aliphatic heterocycles. The van der Waals surface area contributed by atoms with E-state index in [0.29, 0.717) is 30.3 Å². The largest absolute Gasteiger partial charge is 0.495 e. The van der Waals surface area contributed by atoms with Crippen LogP contribution in [-0.4, -0.2) is 50.3 Å². The number of nitrogen functional groups attached to an aromatic ring is 1. The Kier molecular flexibility index (Phi) is 9.20. The minimum absolute atomic E-state index is 0. The van der Waals surface area contributed by atoms with Gasteiger partial charge < -0.3 is 20.5 Å². The third-order valence-electron chi connectivity index (χ3n) is 3.39. The van der Waals surface area contributed by atoms with Gasteiger partial charge in [0.05, 0.1) is 19.4 Å². The number of amides is 1. The standard InChI is InChI=1S/C14H21N3O3.2ClH/c1-3-17-6-7-20-13(9-17)14(18)16-10-4-5-12(19-2)11(15)8-10;;/h4-5,8,13H,3,6-7,9,15H2,1-2H3,(H,16,18);2*1H. The first-order valence-electron chi connectivity index (χ1n) is 6.72. The average molecular weight is 352 g/mol. The topological polar surface area (TPSA) is 76.8 Å². The van der Waals surface area contributed by atoms with E-state index in [1.165, 1.54) is 0 Å². The van der Waals surface area contributed by atoms with Crippen LogP contribution in [0, 0.1) is 0 Å². The number of hydrogen-bond acceptors (Lipinski definition) is 5. The molecule has 0 bridgehead atoms. The normalized spacial score (nSPS) is 17.8. The Hall–Kier alpha value is -1.21. The third-order valence-corrected chi connectivity index (χ3v) is 3.39. The van der Waals surface area contributed by atoms with Crippen molar-refractivity contribution in [3.63, 3.8) is 0 Å². The minimum Gasteiger partial charge on any atom is -0.495 e. The van der Waals surface area contributed by atoms with Gasteiger partial charge in [0.1, 0.15) is 11.9 Å². The van der Waals surface area contributed by atoms with Gasteiger partial charge in [-0.2, -0.15) is 0 Å². The SMILES string of the molecule is CCN1CCOC(C(=O)Nc2ccc(OC)c(N)c2)C1.Cl.Cl. The van der Waals surface area contributed by atoms with Crippen LogP contribution in [0.4, 0.5) is 11.4 Å². The summed E-state index contributed by atoms with van der Waals surface area (Å²) in [7, 11) is 1.55. The van der Waals surface area contributed by atoms with E-state index in [4.69, 9.17) is 15.2 Å². The second-order valence-electron chi connectivity index (χ2n) is 4.70. The molecule has 1 heterocycles. The van der Waals surface area contributed by atoms with Crippen molar-refractivity contribution in [3.05, 3.63) is 18.2 Å². The predicted octanol–water partition coefficient (Wildman–Crippen LogP) is 1.78. The Morgan fingerprint density at radius 1 is 1.50 bits per heavy atom. The van der Waals surface area contributed by atoms with Gasteiger partial charge in [-0.15, -0.1) is 24.8 Å². The Balaban J connectivity index is 0.00000220. The van der Waals surface area contributed by atoms with Gasteiger partial charge in [0.2, 0.25) is 0 Å². The molecule has 3 N–H and O–H groups in total. The highest BCUT2D eigenvalue weighted by molar-refractivity contribution is 5.95. The van der Waals surface area contributed by atoms with Crippen molar-refractivity contribution in [1.82, 2.24) is 4.90 Å². The van der Waals surface area contributed by atoms with Crippen molar-refractivity contribution < 1.29 is 14.3 Å². The first-order valence-corrected chi connectivity index (χ1v) is 6.72. The van der Waals surface area contributed by atoms with Crippen molar-refractivity contribution in [2.24, 2.45) is 0 Å². The molecule has 1 amide bonds. The van der Waals surface area contributed by atoms with Crippen LogP contribution in [0.25, 0.3) is 0 Å². The van der Waals surface area contributed by atoms with Crippen molar-refractivity contribution in [2.45, 2.75) is 13.0 Å². The number of nitrogens with one attached hydrogen (secondary N) is 1. The van der Waals surface area contributed by atoms with E-state index in [1.807, 2.05) is 0 Å². The molecule has 1 fully saturated rings. The zero-order valence-corrected chi connectivity index (χ0v) is 14.3. The number of benzene rings is 1. The van der Waals surface area contributed by atoms with Crippen LogP contribution in [0.2, 0.25) is 0 Å². The van der Waals surface area contributed by atoms with Crippen LogP contribution in [0.5, 0.6) is 5.75 Å². The average Bonchev–Trinajstić information content (AvgIpc) is 2.47. The maximum absolute atomic E-state index is 12.2. The van der Waals surface area contributed by atoms with Crippen LogP contribution in [0.3, 0.4) is 0 Å². The van der Waals surface area contributed by atoms with Crippen molar-refractivity contribution in [3.8, 4) is 5.75 Å². The first-order chi connectivity index (χ1) is 9.63. The molecule has 1 aromatic rings. The summed E-state index contributed by atoms with van der Waals surface area (Å²) in [6.45, 7) is 5.06. The quantitative estimate of drug-likeness (QED) is 0.808. The summed E-state index contributed by atoms with van der Waals surface area (Å²) in [4.78, 5) is 14.4. The number of morpholine rings is 1. The lowest BCUT2D eigenvalue weighted by Crippen LogP contribution is -2.47. The number of likely N-dealkylation sites (N-methyl/N-ethyl adjacent to an activating group) is 1. The molecule has 0 aromatic heterocycles. The van der Waals surface area contributed by atoms with E-state index < -0.39 is 6.10 Å².